The summed E-state index contributed by atoms with van der Waals surface area (Å²) in [6.07, 6.45) is 0.227. The second-order valence-corrected chi connectivity index (χ2v) is 6.66. The van der Waals surface area contributed by atoms with Crippen LogP contribution in [0.3, 0.4) is 0 Å². The van der Waals surface area contributed by atoms with Crippen molar-refractivity contribution in [1.82, 2.24) is 0 Å². The number of amides is 1. The maximum atomic E-state index is 12.4. The number of hydrogen-bond donors (Lipinski definition) is 1. The highest BCUT2D eigenvalue weighted by molar-refractivity contribution is 5.91. The third-order valence-corrected chi connectivity index (χ3v) is 4.79. The highest BCUT2D eigenvalue weighted by Crippen LogP contribution is 2.25. The number of methoxy groups -OCH3 is 1. The number of rotatable bonds is 6. The number of nitro benzene ring substituents is 1. The second kappa shape index (κ2) is 8.14. The molecule has 1 heterocycles. The van der Waals surface area contributed by atoms with Crippen molar-refractivity contribution < 1.29 is 18.9 Å². The van der Waals surface area contributed by atoms with Crippen LogP contribution in [0.5, 0.6) is 5.75 Å². The minimum atomic E-state index is -0.498. The molecule has 1 amide bonds. The van der Waals surface area contributed by atoms with Crippen LogP contribution in [0.4, 0.5) is 11.4 Å². The maximum Gasteiger partial charge on any atom is 0.339 e. The normalized spacial score (nSPS) is 10.7. The van der Waals surface area contributed by atoms with Crippen molar-refractivity contribution in [2.75, 3.05) is 12.4 Å². The fraction of sp³-hybridized carbons (Fsp3) is 0.238. The molecule has 0 bridgehead atoms. The molecule has 1 N–H and O–H groups in total. The van der Waals surface area contributed by atoms with Crippen LogP contribution in [-0.4, -0.2) is 17.9 Å². The van der Waals surface area contributed by atoms with E-state index < -0.39 is 10.5 Å². The molecule has 8 nitrogen and oxygen atoms in total. The number of aryl methyl sites for hydroxylation is 2. The van der Waals surface area contributed by atoms with Crippen molar-refractivity contribution in [1.29, 1.82) is 0 Å². The average Bonchev–Trinajstić information content (AvgIpc) is 2.68. The first-order chi connectivity index (χ1) is 13.8. The molecule has 8 heteroatoms. The van der Waals surface area contributed by atoms with Crippen LogP contribution in [0, 0.1) is 24.0 Å². The Kier molecular flexibility index (Phi) is 5.63. The number of hydrogen-bond acceptors (Lipinski definition) is 6. The van der Waals surface area contributed by atoms with E-state index in [9.17, 15) is 19.7 Å². The number of benzene rings is 2. The third kappa shape index (κ3) is 4.26. The molecule has 29 heavy (non-hydrogen) atoms. The highest BCUT2D eigenvalue weighted by atomic mass is 16.6. The van der Waals surface area contributed by atoms with E-state index in [2.05, 4.69) is 5.32 Å². The predicted molar refractivity (Wildman–Crippen MR) is 109 cm³/mol. The van der Waals surface area contributed by atoms with Crippen LogP contribution >= 0.6 is 0 Å². The number of fused-ring (bicyclic) bond motifs is 1. The van der Waals surface area contributed by atoms with Crippen molar-refractivity contribution in [3.8, 4) is 5.75 Å². The van der Waals surface area contributed by atoms with Gasteiger partial charge in [-0.2, -0.15) is 0 Å². The monoisotopic (exact) mass is 396 g/mol. The summed E-state index contributed by atoms with van der Waals surface area (Å²) in [7, 11) is 1.53. The molecule has 0 saturated heterocycles. The molecule has 0 aliphatic carbocycles. The second-order valence-electron chi connectivity index (χ2n) is 6.66. The summed E-state index contributed by atoms with van der Waals surface area (Å²) in [5.41, 5.74) is 1.87. The molecule has 0 fully saturated rings. The van der Waals surface area contributed by atoms with Crippen LogP contribution in [0.15, 0.2) is 45.6 Å². The van der Waals surface area contributed by atoms with E-state index in [1.165, 1.54) is 13.2 Å². The number of nitrogens with one attached hydrogen (secondary N) is 1. The number of carbonyl (C=O) groups is 1. The zero-order valence-electron chi connectivity index (χ0n) is 16.3. The molecule has 0 spiro atoms. The van der Waals surface area contributed by atoms with Gasteiger partial charge in [0.1, 0.15) is 11.3 Å². The smallest absolute Gasteiger partial charge is 0.339 e. The summed E-state index contributed by atoms with van der Waals surface area (Å²) in [5, 5.41) is 14.4. The summed E-state index contributed by atoms with van der Waals surface area (Å²) in [6, 6.07) is 9.71. The van der Waals surface area contributed by atoms with Crippen molar-refractivity contribution >= 4 is 28.3 Å². The van der Waals surface area contributed by atoms with Crippen LogP contribution in [-0.2, 0) is 11.2 Å². The SMILES string of the molecule is COc1ccc2c(C)c(CCC(=O)Nc3ccc(C)c([N+](=O)[O-])c3)c(=O)oc2c1. The first-order valence-electron chi connectivity index (χ1n) is 8.95. The van der Waals surface area contributed by atoms with Gasteiger partial charge in [-0.1, -0.05) is 6.07 Å². The van der Waals surface area contributed by atoms with E-state index in [1.54, 1.807) is 37.3 Å². The number of ether oxygens (including phenoxy) is 1. The molecule has 3 rings (SSSR count). The summed E-state index contributed by atoms with van der Waals surface area (Å²) in [4.78, 5) is 35.2. The van der Waals surface area contributed by atoms with E-state index in [0.717, 1.165) is 10.9 Å². The Morgan fingerprint density at radius 3 is 2.66 bits per heavy atom. The lowest BCUT2D eigenvalue weighted by Gasteiger charge is -2.09. The summed E-state index contributed by atoms with van der Waals surface area (Å²) in [5.74, 6) is 0.233. The number of nitrogens with zero attached hydrogens (tertiary/aromatic N) is 1. The molecule has 2 aromatic carbocycles. The van der Waals surface area contributed by atoms with E-state index in [4.69, 9.17) is 9.15 Å². The Morgan fingerprint density at radius 1 is 1.21 bits per heavy atom. The van der Waals surface area contributed by atoms with Gasteiger partial charge in [-0.15, -0.1) is 0 Å². The van der Waals surface area contributed by atoms with E-state index in [1.807, 2.05) is 6.92 Å². The summed E-state index contributed by atoms with van der Waals surface area (Å²) in [6.45, 7) is 3.43. The van der Waals surface area contributed by atoms with Crippen molar-refractivity contribution in [2.24, 2.45) is 0 Å². The Morgan fingerprint density at radius 2 is 1.97 bits per heavy atom. The Bertz CT molecular complexity index is 1170. The minimum Gasteiger partial charge on any atom is -0.497 e. The summed E-state index contributed by atoms with van der Waals surface area (Å²) >= 11 is 0. The van der Waals surface area contributed by atoms with Crippen LogP contribution in [0.1, 0.15) is 23.1 Å². The quantitative estimate of drug-likeness (QED) is 0.384. The van der Waals surface area contributed by atoms with Crippen molar-refractivity contribution in [2.45, 2.75) is 26.7 Å². The first kappa shape index (κ1) is 20.1. The van der Waals surface area contributed by atoms with Gasteiger partial charge in [-0.3, -0.25) is 14.9 Å². The van der Waals surface area contributed by atoms with E-state index in [0.29, 0.717) is 28.1 Å². The fourth-order valence-electron chi connectivity index (χ4n) is 3.14. The van der Waals surface area contributed by atoms with E-state index >= 15 is 0 Å². The zero-order valence-corrected chi connectivity index (χ0v) is 16.3. The Balaban J connectivity index is 1.77. The van der Waals surface area contributed by atoms with Gasteiger partial charge in [-0.25, -0.2) is 4.79 Å². The fourth-order valence-corrected chi connectivity index (χ4v) is 3.14. The Hall–Kier alpha value is -3.68. The number of carbonyl (C=O) groups excluding carboxylic acids is 1. The van der Waals surface area contributed by atoms with Gasteiger partial charge in [0.2, 0.25) is 5.91 Å². The maximum absolute atomic E-state index is 12.4. The molecule has 0 atom stereocenters. The van der Waals surface area contributed by atoms with E-state index in [-0.39, 0.29) is 24.4 Å². The zero-order chi connectivity index (χ0) is 21.1. The molecule has 0 radical (unpaired) electrons. The van der Waals surface area contributed by atoms with Gasteiger partial charge in [0.15, 0.2) is 0 Å². The first-order valence-corrected chi connectivity index (χ1v) is 8.95. The van der Waals surface area contributed by atoms with Crippen LogP contribution in [0.2, 0.25) is 0 Å². The Labute approximate surface area is 166 Å². The topological polar surface area (TPSA) is 112 Å². The molecule has 0 saturated carbocycles. The van der Waals surface area contributed by atoms with Crippen molar-refractivity contribution in [3.05, 3.63) is 73.6 Å². The van der Waals surface area contributed by atoms with Gasteiger partial charge in [0, 0.05) is 40.8 Å². The molecule has 0 aliphatic heterocycles. The predicted octanol–water partition coefficient (Wildman–Crippen LogP) is 3.90. The minimum absolute atomic E-state index is 0.0366. The lowest BCUT2D eigenvalue weighted by Crippen LogP contribution is -2.16. The molecule has 150 valence electrons. The number of anilines is 1. The molecular weight excluding hydrogens is 376 g/mol. The van der Waals surface area contributed by atoms with Gasteiger partial charge >= 0.3 is 5.63 Å². The van der Waals surface area contributed by atoms with Crippen LogP contribution in [0.25, 0.3) is 11.0 Å². The standard InChI is InChI=1S/C21H20N2O6/c1-12-4-5-14(10-18(12)23(26)27)22-20(24)9-8-17-13(2)16-7-6-15(28-3)11-19(16)29-21(17)25/h4-7,10-11H,8-9H2,1-3H3,(H,22,24). The molecule has 3 aromatic rings. The van der Waals surface area contributed by atoms with Gasteiger partial charge in [0.25, 0.3) is 5.69 Å². The molecular formula is C21H20N2O6. The molecule has 0 aliphatic rings. The lowest BCUT2D eigenvalue weighted by molar-refractivity contribution is -0.385. The van der Waals surface area contributed by atoms with Gasteiger partial charge in [0.05, 0.1) is 12.0 Å². The van der Waals surface area contributed by atoms with Gasteiger partial charge < -0.3 is 14.5 Å². The number of nitro groups is 1. The average molecular weight is 396 g/mol. The lowest BCUT2D eigenvalue weighted by atomic mass is 10.0. The van der Waals surface area contributed by atoms with Crippen LogP contribution < -0.4 is 15.7 Å². The largest absolute Gasteiger partial charge is 0.497 e. The third-order valence-electron chi connectivity index (χ3n) is 4.79. The molecule has 0 unspecified atom stereocenters. The highest BCUT2D eigenvalue weighted by Gasteiger charge is 2.15. The molecule has 1 aromatic heterocycles. The summed E-state index contributed by atoms with van der Waals surface area (Å²) < 4.78 is 10.5. The van der Waals surface area contributed by atoms with Crippen molar-refractivity contribution in [3.63, 3.8) is 0 Å². The van der Waals surface area contributed by atoms with Gasteiger partial charge in [-0.05, 0) is 44.0 Å².